The molecule has 1 aliphatic heterocycles. The summed E-state index contributed by atoms with van der Waals surface area (Å²) < 4.78 is 0. The summed E-state index contributed by atoms with van der Waals surface area (Å²) >= 11 is 1.94. The highest BCUT2D eigenvalue weighted by molar-refractivity contribution is 7.99. The third-order valence-electron chi connectivity index (χ3n) is 3.35. The van der Waals surface area contributed by atoms with Crippen LogP contribution >= 0.6 is 11.8 Å². The SMILES string of the molecule is CCNc1ccc(C(=O)N2CCCSCC2)cc1C. The van der Waals surface area contributed by atoms with Crippen LogP contribution in [0.1, 0.15) is 29.3 Å². The molecule has 0 unspecified atom stereocenters. The number of hydrogen-bond acceptors (Lipinski definition) is 3. The highest BCUT2D eigenvalue weighted by atomic mass is 32.2. The Morgan fingerprint density at radius 1 is 1.37 bits per heavy atom. The van der Waals surface area contributed by atoms with Gasteiger partial charge in [0, 0.05) is 36.6 Å². The highest BCUT2D eigenvalue weighted by Crippen LogP contribution is 2.19. The minimum Gasteiger partial charge on any atom is -0.385 e. The van der Waals surface area contributed by atoms with Crippen molar-refractivity contribution in [1.82, 2.24) is 4.90 Å². The molecule has 0 atom stereocenters. The first kappa shape index (κ1) is 14.3. The Morgan fingerprint density at radius 3 is 2.95 bits per heavy atom. The summed E-state index contributed by atoms with van der Waals surface area (Å²) in [6, 6.07) is 5.95. The molecular weight excluding hydrogens is 256 g/mol. The predicted octanol–water partition coefficient (Wildman–Crippen LogP) is 3.01. The van der Waals surface area contributed by atoms with E-state index in [1.54, 1.807) is 0 Å². The number of carbonyl (C=O) groups excluding carboxylic acids is 1. The maximum Gasteiger partial charge on any atom is 0.253 e. The smallest absolute Gasteiger partial charge is 0.253 e. The minimum atomic E-state index is 0.175. The van der Waals surface area contributed by atoms with Gasteiger partial charge >= 0.3 is 0 Å². The normalized spacial score (nSPS) is 16.0. The van der Waals surface area contributed by atoms with Crippen LogP contribution in [0, 0.1) is 6.92 Å². The third kappa shape index (κ3) is 3.66. The number of thioether (sulfide) groups is 1. The number of aryl methyl sites for hydroxylation is 1. The molecule has 0 spiro atoms. The Labute approximate surface area is 119 Å². The van der Waals surface area contributed by atoms with Gasteiger partial charge in [0.25, 0.3) is 5.91 Å². The summed E-state index contributed by atoms with van der Waals surface area (Å²) in [6.07, 6.45) is 1.10. The van der Waals surface area contributed by atoms with E-state index in [9.17, 15) is 4.79 Å². The zero-order valence-electron chi connectivity index (χ0n) is 11.7. The van der Waals surface area contributed by atoms with Crippen molar-refractivity contribution >= 4 is 23.4 Å². The summed E-state index contributed by atoms with van der Waals surface area (Å²) in [4.78, 5) is 14.5. The van der Waals surface area contributed by atoms with Crippen molar-refractivity contribution in [3.63, 3.8) is 0 Å². The van der Waals surface area contributed by atoms with Crippen molar-refractivity contribution in [2.75, 3.05) is 36.5 Å². The Balaban J connectivity index is 2.12. The molecule has 0 aromatic heterocycles. The van der Waals surface area contributed by atoms with Gasteiger partial charge in [-0.15, -0.1) is 0 Å². The monoisotopic (exact) mass is 278 g/mol. The predicted molar refractivity (Wildman–Crippen MR) is 83.2 cm³/mol. The van der Waals surface area contributed by atoms with Gasteiger partial charge in [0.05, 0.1) is 0 Å². The lowest BCUT2D eigenvalue weighted by atomic mass is 10.1. The van der Waals surface area contributed by atoms with Crippen molar-refractivity contribution < 1.29 is 4.79 Å². The van der Waals surface area contributed by atoms with Gasteiger partial charge in [-0.1, -0.05) is 0 Å². The Bertz CT molecular complexity index is 440. The highest BCUT2D eigenvalue weighted by Gasteiger charge is 2.17. The largest absolute Gasteiger partial charge is 0.385 e. The number of amides is 1. The van der Waals surface area contributed by atoms with Crippen molar-refractivity contribution in [2.45, 2.75) is 20.3 Å². The van der Waals surface area contributed by atoms with E-state index in [0.717, 1.165) is 48.6 Å². The molecule has 19 heavy (non-hydrogen) atoms. The molecule has 1 aliphatic rings. The Morgan fingerprint density at radius 2 is 2.21 bits per heavy atom. The zero-order chi connectivity index (χ0) is 13.7. The third-order valence-corrected chi connectivity index (χ3v) is 4.40. The Kier molecular flexibility index (Phi) is 5.14. The fraction of sp³-hybridized carbons (Fsp3) is 0.533. The average molecular weight is 278 g/mol. The summed E-state index contributed by atoms with van der Waals surface area (Å²) in [7, 11) is 0. The van der Waals surface area contributed by atoms with Crippen molar-refractivity contribution in [2.24, 2.45) is 0 Å². The standard InChI is InChI=1S/C15H22N2OS/c1-3-16-14-6-5-13(11-12(14)2)15(18)17-7-4-9-19-10-8-17/h5-6,11,16H,3-4,7-10H2,1-2H3. The van der Waals surface area contributed by atoms with Gasteiger partial charge in [0.15, 0.2) is 0 Å². The summed E-state index contributed by atoms with van der Waals surface area (Å²) in [6.45, 7) is 6.79. The van der Waals surface area contributed by atoms with Crippen molar-refractivity contribution in [3.05, 3.63) is 29.3 Å². The number of benzene rings is 1. The van der Waals surface area contributed by atoms with Gasteiger partial charge in [0.1, 0.15) is 0 Å². The van der Waals surface area contributed by atoms with Crippen LogP contribution in [0.4, 0.5) is 5.69 Å². The van der Waals surface area contributed by atoms with E-state index in [4.69, 9.17) is 0 Å². The summed E-state index contributed by atoms with van der Waals surface area (Å²) in [5.41, 5.74) is 3.06. The van der Waals surface area contributed by atoms with E-state index in [-0.39, 0.29) is 5.91 Å². The lowest BCUT2D eigenvalue weighted by Crippen LogP contribution is -2.32. The fourth-order valence-electron chi connectivity index (χ4n) is 2.32. The summed E-state index contributed by atoms with van der Waals surface area (Å²) in [5, 5.41) is 3.30. The molecule has 1 amide bonds. The molecule has 2 rings (SSSR count). The molecule has 1 fully saturated rings. The maximum atomic E-state index is 12.5. The molecule has 0 bridgehead atoms. The number of nitrogens with zero attached hydrogens (tertiary/aromatic N) is 1. The topological polar surface area (TPSA) is 32.3 Å². The van der Waals surface area contributed by atoms with Gasteiger partial charge in [-0.05, 0) is 49.8 Å². The quantitative estimate of drug-likeness (QED) is 0.922. The molecule has 1 aromatic carbocycles. The number of carbonyl (C=O) groups is 1. The molecule has 104 valence electrons. The number of rotatable bonds is 3. The van der Waals surface area contributed by atoms with Crippen LogP contribution < -0.4 is 5.32 Å². The van der Waals surface area contributed by atoms with E-state index in [1.807, 2.05) is 41.8 Å². The van der Waals surface area contributed by atoms with Gasteiger partial charge in [-0.2, -0.15) is 11.8 Å². The number of nitrogens with one attached hydrogen (secondary N) is 1. The van der Waals surface area contributed by atoms with E-state index in [2.05, 4.69) is 12.2 Å². The average Bonchev–Trinajstić information content (AvgIpc) is 2.69. The van der Waals surface area contributed by atoms with E-state index in [1.165, 1.54) is 5.75 Å². The van der Waals surface area contributed by atoms with Crippen LogP contribution in [0.3, 0.4) is 0 Å². The molecule has 3 nitrogen and oxygen atoms in total. The lowest BCUT2D eigenvalue weighted by molar-refractivity contribution is 0.0768. The van der Waals surface area contributed by atoms with Crippen LogP contribution in [0.2, 0.25) is 0 Å². The van der Waals surface area contributed by atoms with Gasteiger partial charge in [-0.3, -0.25) is 4.79 Å². The first-order chi connectivity index (χ1) is 9.22. The van der Waals surface area contributed by atoms with Gasteiger partial charge in [-0.25, -0.2) is 0 Å². The second-order valence-electron chi connectivity index (χ2n) is 4.82. The lowest BCUT2D eigenvalue weighted by Gasteiger charge is -2.20. The van der Waals surface area contributed by atoms with Gasteiger partial charge < -0.3 is 10.2 Å². The molecule has 1 heterocycles. The van der Waals surface area contributed by atoms with Crippen LogP contribution in [0.15, 0.2) is 18.2 Å². The maximum absolute atomic E-state index is 12.5. The first-order valence-corrected chi connectivity index (χ1v) is 8.09. The molecule has 0 aliphatic carbocycles. The molecule has 4 heteroatoms. The number of anilines is 1. The minimum absolute atomic E-state index is 0.175. The van der Waals surface area contributed by atoms with Crippen LogP contribution in [0.5, 0.6) is 0 Å². The number of hydrogen-bond donors (Lipinski definition) is 1. The van der Waals surface area contributed by atoms with Crippen LogP contribution in [-0.4, -0.2) is 41.9 Å². The molecule has 0 radical (unpaired) electrons. The van der Waals surface area contributed by atoms with Crippen molar-refractivity contribution in [1.29, 1.82) is 0 Å². The summed E-state index contributed by atoms with van der Waals surface area (Å²) in [5.74, 6) is 2.40. The van der Waals surface area contributed by atoms with Crippen LogP contribution in [0.25, 0.3) is 0 Å². The second kappa shape index (κ2) is 6.85. The zero-order valence-corrected chi connectivity index (χ0v) is 12.6. The Hall–Kier alpha value is -1.16. The molecule has 1 aromatic rings. The second-order valence-corrected chi connectivity index (χ2v) is 6.04. The molecular formula is C15H22N2OS. The first-order valence-electron chi connectivity index (χ1n) is 6.94. The van der Waals surface area contributed by atoms with E-state index < -0.39 is 0 Å². The van der Waals surface area contributed by atoms with Gasteiger partial charge in [0.2, 0.25) is 0 Å². The van der Waals surface area contributed by atoms with E-state index in [0.29, 0.717) is 0 Å². The van der Waals surface area contributed by atoms with Crippen LogP contribution in [-0.2, 0) is 0 Å². The fourth-order valence-corrected chi connectivity index (χ4v) is 3.20. The molecule has 0 saturated carbocycles. The molecule has 1 saturated heterocycles. The van der Waals surface area contributed by atoms with E-state index >= 15 is 0 Å². The van der Waals surface area contributed by atoms with Crippen molar-refractivity contribution in [3.8, 4) is 0 Å². The molecule has 1 N–H and O–H groups in total.